The third-order valence-corrected chi connectivity index (χ3v) is 1.83. The van der Waals surface area contributed by atoms with Crippen molar-refractivity contribution in [2.24, 2.45) is 0 Å². The Bertz CT molecular complexity index is 121. The van der Waals surface area contributed by atoms with Gasteiger partial charge in [-0.3, -0.25) is 4.63 Å². The Hall–Kier alpha value is 0.265. The number of hydrogen-bond acceptors (Lipinski definition) is 2. The number of sulfonamides is 1. The van der Waals surface area contributed by atoms with Gasteiger partial charge in [-0.05, 0) is 0 Å². The van der Waals surface area contributed by atoms with Gasteiger partial charge in [0, 0.05) is 0 Å². The fourth-order valence-corrected chi connectivity index (χ4v) is 0.283. The second kappa shape index (κ2) is 2.54. The Morgan fingerprint density at radius 1 is 1.71 bits per heavy atom. The van der Waals surface area contributed by atoms with Gasteiger partial charge >= 0.3 is 0 Å². The van der Waals surface area contributed by atoms with Crippen LogP contribution < -0.4 is 4.63 Å². The van der Waals surface area contributed by atoms with Crippen LogP contribution in [0, 0.1) is 0 Å². The van der Waals surface area contributed by atoms with Crippen LogP contribution in [0.15, 0.2) is 0 Å². The van der Waals surface area contributed by atoms with Gasteiger partial charge in [-0.2, -0.15) is 0 Å². The molecule has 0 saturated heterocycles. The summed E-state index contributed by atoms with van der Waals surface area (Å²) in [4.78, 5) is 0. The molecule has 0 heterocycles. The summed E-state index contributed by atoms with van der Waals surface area (Å²) in [6, 6.07) is 0. The molecule has 7 heavy (non-hydrogen) atoms. The number of nitrogens with one attached hydrogen (secondary N) is 1. The summed E-state index contributed by atoms with van der Waals surface area (Å²) in [6.07, 6.45) is 0. The van der Waals surface area contributed by atoms with Crippen LogP contribution in [0.2, 0.25) is 0 Å². The molecule has 0 aliphatic heterocycles. The van der Waals surface area contributed by atoms with E-state index in [1.165, 1.54) is 4.63 Å². The number of alkyl halides is 1. The maximum absolute atomic E-state index is 10.0. The van der Waals surface area contributed by atoms with Gasteiger partial charge in [-0.1, -0.05) is 0 Å². The molecule has 0 unspecified atom stereocenters. The van der Waals surface area contributed by atoms with E-state index in [0.717, 1.165) is 0 Å². The molecule has 0 aromatic heterocycles. The van der Waals surface area contributed by atoms with Gasteiger partial charge in [0.1, 0.15) is 5.21 Å². The smallest absolute Gasteiger partial charge is 0.214 e. The van der Waals surface area contributed by atoms with Crippen molar-refractivity contribution in [1.82, 2.24) is 4.63 Å². The summed E-state index contributed by atoms with van der Waals surface area (Å²) in [5, 5.41) is -0.497. The molecule has 0 spiro atoms. The average Bonchev–Trinajstić information content (AvgIpc) is 1.68. The fraction of sp³-hybridized carbons (Fsp3) is 1.00. The van der Waals surface area contributed by atoms with E-state index in [9.17, 15) is 8.42 Å². The van der Waals surface area contributed by atoms with E-state index >= 15 is 0 Å². The van der Waals surface area contributed by atoms with E-state index in [1.807, 2.05) is 0 Å². The molecule has 40 valence electrons. The first kappa shape index (κ1) is 7.26. The van der Waals surface area contributed by atoms with E-state index in [1.54, 1.807) is 0 Å². The van der Waals surface area contributed by atoms with Gasteiger partial charge in [-0.15, -0.1) is 11.6 Å². The molecular formula is CH3BClNO2S. The highest BCUT2D eigenvalue weighted by molar-refractivity contribution is 7.91. The van der Waals surface area contributed by atoms with Crippen LogP contribution in [0.4, 0.5) is 0 Å². The monoisotopic (exact) mass is 139 g/mol. The largest absolute Gasteiger partial charge is 0.268 e. The van der Waals surface area contributed by atoms with Crippen molar-refractivity contribution < 1.29 is 8.42 Å². The van der Waals surface area contributed by atoms with Crippen molar-refractivity contribution in [2.45, 2.75) is 0 Å². The summed E-state index contributed by atoms with van der Waals surface area (Å²) in [7, 11) is 1.13. The molecule has 0 atom stereocenters. The van der Waals surface area contributed by atoms with Gasteiger partial charge in [0.05, 0.1) is 0 Å². The number of rotatable bonds is 2. The SMILES string of the molecule is [B]NS(=O)(=O)CCl. The van der Waals surface area contributed by atoms with E-state index in [-0.39, 0.29) is 0 Å². The minimum absolute atomic E-state index is 0.497. The molecular weight excluding hydrogens is 136 g/mol. The van der Waals surface area contributed by atoms with Crippen LogP contribution in [0.1, 0.15) is 0 Å². The van der Waals surface area contributed by atoms with E-state index in [2.05, 4.69) is 7.98 Å². The lowest BCUT2D eigenvalue weighted by molar-refractivity contribution is 0.598. The maximum atomic E-state index is 10.0. The predicted octanol–water partition coefficient (Wildman–Crippen LogP) is -0.814. The minimum atomic E-state index is -3.36. The van der Waals surface area contributed by atoms with E-state index in [4.69, 9.17) is 11.6 Å². The zero-order valence-electron chi connectivity index (χ0n) is 3.39. The molecule has 1 N–H and O–H groups in total. The molecule has 3 nitrogen and oxygen atoms in total. The first-order chi connectivity index (χ1) is 3.12. The maximum Gasteiger partial charge on any atom is 0.214 e. The second-order valence-corrected chi connectivity index (χ2v) is 3.18. The Morgan fingerprint density at radius 2 is 2.14 bits per heavy atom. The standard InChI is InChI=1S/CH3BClNO2S/c2-4-7(5,6)1-3/h4H,1H2. The van der Waals surface area contributed by atoms with Crippen molar-refractivity contribution in [2.75, 3.05) is 5.21 Å². The van der Waals surface area contributed by atoms with Crippen molar-refractivity contribution in [3.05, 3.63) is 0 Å². The molecule has 0 rings (SSSR count). The van der Waals surface area contributed by atoms with Crippen LogP contribution in [-0.2, 0) is 10.0 Å². The first-order valence-electron chi connectivity index (χ1n) is 1.38. The van der Waals surface area contributed by atoms with Gasteiger partial charge in [0.25, 0.3) is 0 Å². The van der Waals surface area contributed by atoms with Crippen molar-refractivity contribution in [3.63, 3.8) is 0 Å². The Morgan fingerprint density at radius 3 is 2.14 bits per heavy atom. The van der Waals surface area contributed by atoms with E-state index in [0.29, 0.717) is 0 Å². The van der Waals surface area contributed by atoms with Gasteiger partial charge in [0.15, 0.2) is 0 Å². The molecule has 2 radical (unpaired) electrons. The van der Waals surface area contributed by atoms with Gasteiger partial charge in [0.2, 0.25) is 18.0 Å². The highest BCUT2D eigenvalue weighted by Gasteiger charge is 1.99. The lowest BCUT2D eigenvalue weighted by atomic mass is 10.5. The summed E-state index contributed by atoms with van der Waals surface area (Å²) in [5.74, 6) is 0. The van der Waals surface area contributed by atoms with Crippen molar-refractivity contribution in [1.29, 1.82) is 0 Å². The Balaban J connectivity index is 3.89. The highest BCUT2D eigenvalue weighted by Crippen LogP contribution is 1.82. The highest BCUT2D eigenvalue weighted by atomic mass is 35.5. The van der Waals surface area contributed by atoms with Crippen LogP contribution in [0.3, 0.4) is 0 Å². The average molecular weight is 139 g/mol. The molecule has 0 aromatic carbocycles. The predicted molar refractivity (Wildman–Crippen MR) is 28.5 cm³/mol. The third-order valence-electron chi connectivity index (χ3n) is 0.323. The zero-order chi connectivity index (χ0) is 5.91. The Kier molecular flexibility index (Phi) is 2.64. The Labute approximate surface area is 48.5 Å². The summed E-state index contributed by atoms with van der Waals surface area (Å²) in [5.41, 5.74) is 0. The molecule has 6 heteroatoms. The van der Waals surface area contributed by atoms with Crippen LogP contribution in [0.25, 0.3) is 0 Å². The lowest BCUT2D eigenvalue weighted by Gasteiger charge is -1.91. The first-order valence-corrected chi connectivity index (χ1v) is 3.57. The number of halogens is 1. The van der Waals surface area contributed by atoms with Crippen LogP contribution in [0.5, 0.6) is 0 Å². The normalized spacial score (nSPS) is 11.6. The third kappa shape index (κ3) is 2.90. The molecule has 0 aliphatic carbocycles. The zero-order valence-corrected chi connectivity index (χ0v) is 4.96. The fourth-order valence-electron chi connectivity index (χ4n) is 0.0315. The van der Waals surface area contributed by atoms with Crippen molar-refractivity contribution >= 4 is 29.6 Å². The summed E-state index contributed by atoms with van der Waals surface area (Å²) >= 11 is 4.86. The molecule has 0 saturated carbocycles. The topological polar surface area (TPSA) is 46.2 Å². The second-order valence-electron chi connectivity index (χ2n) is 0.842. The van der Waals surface area contributed by atoms with Crippen molar-refractivity contribution in [3.8, 4) is 0 Å². The minimum Gasteiger partial charge on any atom is -0.268 e. The van der Waals surface area contributed by atoms with Crippen LogP contribution in [-0.4, -0.2) is 21.6 Å². The van der Waals surface area contributed by atoms with Gasteiger partial charge in [-0.25, -0.2) is 8.42 Å². The molecule has 0 amide bonds. The molecule has 0 aliphatic rings. The quantitative estimate of drug-likeness (QED) is 0.402. The van der Waals surface area contributed by atoms with E-state index < -0.39 is 15.2 Å². The molecule has 0 fully saturated rings. The molecule has 0 aromatic rings. The number of hydrogen-bond donors (Lipinski definition) is 1. The summed E-state index contributed by atoms with van der Waals surface area (Å²) < 4.78 is 21.5. The van der Waals surface area contributed by atoms with Crippen LogP contribution >= 0.6 is 11.6 Å². The molecule has 0 bridgehead atoms. The lowest BCUT2D eigenvalue weighted by Crippen LogP contribution is -2.20. The summed E-state index contributed by atoms with van der Waals surface area (Å²) in [6.45, 7) is 0. The van der Waals surface area contributed by atoms with Gasteiger partial charge < -0.3 is 0 Å².